The number of para-hydroxylation sites is 1. The van der Waals surface area contributed by atoms with Gasteiger partial charge in [-0.25, -0.2) is 0 Å². The van der Waals surface area contributed by atoms with Crippen LogP contribution < -0.4 is 10.1 Å². The van der Waals surface area contributed by atoms with Crippen molar-refractivity contribution in [2.24, 2.45) is 17.8 Å². The van der Waals surface area contributed by atoms with Crippen molar-refractivity contribution < 1.29 is 9.53 Å². The maximum Gasteiger partial charge on any atom is 0.261 e. The molecule has 1 aliphatic heterocycles. The lowest BCUT2D eigenvalue weighted by Crippen LogP contribution is -2.50. The first-order valence-electron chi connectivity index (χ1n) is 9.98. The lowest BCUT2D eigenvalue weighted by Gasteiger charge is -2.36. The molecule has 1 aromatic rings. The molecule has 0 aliphatic carbocycles. The van der Waals surface area contributed by atoms with Crippen LogP contribution in [0.5, 0.6) is 5.75 Å². The first-order chi connectivity index (χ1) is 12.8. The predicted molar refractivity (Wildman–Crippen MR) is 107 cm³/mol. The minimum Gasteiger partial charge on any atom is -0.479 e. The van der Waals surface area contributed by atoms with Crippen LogP contribution in [0.4, 0.5) is 0 Å². The lowest BCUT2D eigenvalue weighted by molar-refractivity contribution is -0.130. The van der Waals surface area contributed by atoms with E-state index in [1.165, 1.54) is 6.42 Å². The number of carbonyl (C=O) groups is 1. The fourth-order valence-electron chi connectivity index (χ4n) is 3.99. The Balaban J connectivity index is 1.97. The highest BCUT2D eigenvalue weighted by Crippen LogP contribution is 2.22. The number of nitriles is 1. The number of ether oxygens (including phenoxy) is 1. The SMILES string of the molecule is CC1CC(C)CN(CC(C)NC(=O)C(Oc2ccccc2C#N)C(C)C)C1. The van der Waals surface area contributed by atoms with E-state index in [1.54, 1.807) is 18.2 Å². The normalized spacial score (nSPS) is 22.7. The number of likely N-dealkylation sites (tertiary alicyclic amines) is 1. The van der Waals surface area contributed by atoms with Gasteiger partial charge in [-0.15, -0.1) is 0 Å². The van der Waals surface area contributed by atoms with Crippen LogP contribution in [-0.4, -0.2) is 42.6 Å². The van der Waals surface area contributed by atoms with Crippen LogP contribution in [0, 0.1) is 29.1 Å². The monoisotopic (exact) mass is 371 g/mol. The summed E-state index contributed by atoms with van der Waals surface area (Å²) in [7, 11) is 0. The summed E-state index contributed by atoms with van der Waals surface area (Å²) in [6, 6.07) is 9.21. The van der Waals surface area contributed by atoms with Crippen molar-refractivity contribution in [1.82, 2.24) is 10.2 Å². The molecule has 148 valence electrons. The van der Waals surface area contributed by atoms with E-state index in [2.05, 4.69) is 30.1 Å². The zero-order valence-electron chi connectivity index (χ0n) is 17.2. The molecular formula is C22H33N3O2. The van der Waals surface area contributed by atoms with Crippen LogP contribution in [0.2, 0.25) is 0 Å². The van der Waals surface area contributed by atoms with Crippen molar-refractivity contribution in [3.8, 4) is 11.8 Å². The second kappa shape index (κ2) is 9.75. The fraction of sp³-hybridized carbons (Fsp3) is 0.636. The predicted octanol–water partition coefficient (Wildman–Crippen LogP) is 3.44. The Bertz CT molecular complexity index is 658. The summed E-state index contributed by atoms with van der Waals surface area (Å²) >= 11 is 0. The largest absolute Gasteiger partial charge is 0.479 e. The second-order valence-corrected chi connectivity index (χ2v) is 8.46. The van der Waals surface area contributed by atoms with Gasteiger partial charge in [-0.1, -0.05) is 39.8 Å². The van der Waals surface area contributed by atoms with Crippen molar-refractivity contribution >= 4 is 5.91 Å². The van der Waals surface area contributed by atoms with E-state index in [0.717, 1.165) is 19.6 Å². The lowest BCUT2D eigenvalue weighted by atomic mass is 9.91. The molecule has 0 aromatic heterocycles. The molecule has 0 saturated carbocycles. The molecule has 0 bridgehead atoms. The van der Waals surface area contributed by atoms with Gasteiger partial charge in [0.05, 0.1) is 5.56 Å². The molecule has 0 radical (unpaired) electrons. The van der Waals surface area contributed by atoms with Crippen molar-refractivity contribution in [2.45, 2.75) is 53.2 Å². The van der Waals surface area contributed by atoms with Crippen LogP contribution in [0.15, 0.2) is 24.3 Å². The Morgan fingerprint density at radius 3 is 2.48 bits per heavy atom. The van der Waals surface area contributed by atoms with Gasteiger partial charge in [0.25, 0.3) is 5.91 Å². The quantitative estimate of drug-likeness (QED) is 0.797. The van der Waals surface area contributed by atoms with Crippen molar-refractivity contribution in [1.29, 1.82) is 5.26 Å². The van der Waals surface area contributed by atoms with Crippen molar-refractivity contribution in [2.75, 3.05) is 19.6 Å². The van der Waals surface area contributed by atoms with E-state index in [9.17, 15) is 10.1 Å². The maximum atomic E-state index is 12.8. The van der Waals surface area contributed by atoms with E-state index in [1.807, 2.05) is 26.8 Å². The van der Waals surface area contributed by atoms with Gasteiger partial charge in [-0.2, -0.15) is 5.26 Å². The van der Waals surface area contributed by atoms with Gasteiger partial charge in [-0.3, -0.25) is 4.79 Å². The smallest absolute Gasteiger partial charge is 0.261 e. The van der Waals surface area contributed by atoms with Crippen LogP contribution in [0.25, 0.3) is 0 Å². The van der Waals surface area contributed by atoms with Crippen LogP contribution in [0.1, 0.15) is 46.6 Å². The average Bonchev–Trinajstić information content (AvgIpc) is 2.58. The number of piperidine rings is 1. The molecule has 1 heterocycles. The Labute approximate surface area is 163 Å². The highest BCUT2D eigenvalue weighted by atomic mass is 16.5. The summed E-state index contributed by atoms with van der Waals surface area (Å²) < 4.78 is 5.94. The Kier molecular flexibility index (Phi) is 7.67. The van der Waals surface area contributed by atoms with Gasteiger partial charge in [0.1, 0.15) is 11.8 Å². The van der Waals surface area contributed by atoms with Crippen LogP contribution >= 0.6 is 0 Å². The van der Waals surface area contributed by atoms with Crippen molar-refractivity contribution in [3.63, 3.8) is 0 Å². The number of hydrogen-bond acceptors (Lipinski definition) is 4. The third kappa shape index (κ3) is 6.25. The van der Waals surface area contributed by atoms with E-state index in [0.29, 0.717) is 23.1 Å². The first-order valence-corrected chi connectivity index (χ1v) is 9.98. The zero-order valence-corrected chi connectivity index (χ0v) is 17.2. The number of benzene rings is 1. The minimum atomic E-state index is -0.624. The molecule has 4 atom stereocenters. The van der Waals surface area contributed by atoms with E-state index < -0.39 is 6.10 Å². The first kappa shape index (κ1) is 21.2. The summed E-state index contributed by atoms with van der Waals surface area (Å²) in [4.78, 5) is 15.3. The summed E-state index contributed by atoms with van der Waals surface area (Å²) in [5.41, 5.74) is 0.445. The van der Waals surface area contributed by atoms with Gasteiger partial charge in [0, 0.05) is 25.7 Å². The average molecular weight is 372 g/mol. The third-order valence-corrected chi connectivity index (χ3v) is 4.99. The standard InChI is InChI=1S/C22H33N3O2/c1-15(2)21(27-20-9-7-6-8-19(20)11-23)22(26)24-18(5)14-25-12-16(3)10-17(4)13-25/h6-9,15-18,21H,10,12-14H2,1-5H3,(H,24,26). The number of nitrogens with zero attached hydrogens (tertiary/aromatic N) is 2. The van der Waals surface area contributed by atoms with Gasteiger partial charge in [-0.05, 0) is 43.2 Å². The highest BCUT2D eigenvalue weighted by Gasteiger charge is 2.28. The van der Waals surface area contributed by atoms with Crippen molar-refractivity contribution in [3.05, 3.63) is 29.8 Å². The summed E-state index contributed by atoms with van der Waals surface area (Å²) in [5, 5.41) is 12.4. The molecule has 1 aliphatic rings. The maximum absolute atomic E-state index is 12.8. The Morgan fingerprint density at radius 2 is 1.89 bits per heavy atom. The van der Waals surface area contributed by atoms with Gasteiger partial charge < -0.3 is 15.0 Å². The summed E-state index contributed by atoms with van der Waals surface area (Å²) in [6.07, 6.45) is 0.653. The van der Waals surface area contributed by atoms with E-state index in [4.69, 9.17) is 4.74 Å². The Morgan fingerprint density at radius 1 is 1.26 bits per heavy atom. The Hall–Kier alpha value is -2.06. The van der Waals surface area contributed by atoms with Crippen LogP contribution in [-0.2, 0) is 4.79 Å². The fourth-order valence-corrected chi connectivity index (χ4v) is 3.99. The second-order valence-electron chi connectivity index (χ2n) is 8.46. The highest BCUT2D eigenvalue weighted by molar-refractivity contribution is 5.81. The molecule has 4 unspecified atom stereocenters. The number of carbonyl (C=O) groups excluding carboxylic acids is 1. The molecule has 5 heteroatoms. The summed E-state index contributed by atoms with van der Waals surface area (Å²) in [5.74, 6) is 1.74. The van der Waals surface area contributed by atoms with Gasteiger partial charge in [0.15, 0.2) is 6.10 Å². The molecule has 1 saturated heterocycles. The number of nitrogens with one attached hydrogen (secondary N) is 1. The van der Waals surface area contributed by atoms with Gasteiger partial charge in [0.2, 0.25) is 0 Å². The number of amides is 1. The molecule has 27 heavy (non-hydrogen) atoms. The van der Waals surface area contributed by atoms with Gasteiger partial charge >= 0.3 is 0 Å². The molecule has 5 nitrogen and oxygen atoms in total. The molecule has 1 fully saturated rings. The van der Waals surface area contributed by atoms with E-state index in [-0.39, 0.29) is 17.9 Å². The topological polar surface area (TPSA) is 65.4 Å². The minimum absolute atomic E-state index is 0.000944. The molecule has 1 aromatic carbocycles. The zero-order chi connectivity index (χ0) is 20.0. The number of rotatable bonds is 7. The molecule has 0 spiro atoms. The molecule has 1 amide bonds. The van der Waals surface area contributed by atoms with Crippen LogP contribution in [0.3, 0.4) is 0 Å². The third-order valence-electron chi connectivity index (χ3n) is 4.99. The number of hydrogen-bond donors (Lipinski definition) is 1. The summed E-state index contributed by atoms with van der Waals surface area (Å²) in [6.45, 7) is 13.6. The molecular weight excluding hydrogens is 338 g/mol. The molecule has 2 rings (SSSR count). The molecule has 1 N–H and O–H groups in total. The van der Waals surface area contributed by atoms with E-state index >= 15 is 0 Å².